The molecule has 0 amide bonds. The lowest BCUT2D eigenvalue weighted by molar-refractivity contribution is 0.668. The van der Waals surface area contributed by atoms with E-state index in [0.29, 0.717) is 17.5 Å². The van der Waals surface area contributed by atoms with Crippen LogP contribution in [0, 0.1) is 0 Å². The highest BCUT2D eigenvalue weighted by Crippen LogP contribution is 2.64. The van der Waals surface area contributed by atoms with Gasteiger partial charge in [0.1, 0.15) is 22.3 Å². The van der Waals surface area contributed by atoms with Gasteiger partial charge in [0.2, 0.25) is 0 Å². The van der Waals surface area contributed by atoms with Gasteiger partial charge in [-0.3, -0.25) is 0 Å². The van der Waals surface area contributed by atoms with Crippen molar-refractivity contribution in [1.82, 2.24) is 15.0 Å². The molecule has 14 aromatic rings. The van der Waals surface area contributed by atoms with Crippen molar-refractivity contribution >= 4 is 43.9 Å². The number of rotatable bonds is 6. The van der Waals surface area contributed by atoms with Crippen LogP contribution in [0.5, 0.6) is 0 Å². The van der Waals surface area contributed by atoms with E-state index in [4.69, 9.17) is 23.8 Å². The number of benzene rings is 11. The van der Waals surface area contributed by atoms with Crippen molar-refractivity contribution in [2.24, 2.45) is 0 Å². The van der Waals surface area contributed by atoms with Gasteiger partial charge >= 0.3 is 0 Å². The fraction of sp³-hybridized carbons (Fsp3) is 0.0143. The van der Waals surface area contributed by atoms with Crippen LogP contribution in [0.4, 0.5) is 0 Å². The fourth-order valence-electron chi connectivity index (χ4n) is 12.5. The Morgan fingerprint density at radius 3 is 1.49 bits per heavy atom. The standard InChI is InChI=1S/C70H41N3O2/c1-2-15-42(16-3-1)45-17-12-18-47(39-45)67-71-68(48-35-37-54-53-22-7-11-29-61(53)75-64(54)41-48)73-69(72-67)56-25-14-30-63-65(56)57-40-46(36-38-62(57)74-63)43-31-33-44(34-32-43)49-23-13-24-55-52-21-6-10-28-60(52)70(66(49)55)58-26-8-4-19-50(58)51-20-5-9-27-59(51)70/h1-41H. The molecule has 5 nitrogen and oxygen atoms in total. The molecule has 16 rings (SSSR count). The number of hydrogen-bond acceptors (Lipinski definition) is 5. The molecule has 2 aliphatic rings. The van der Waals surface area contributed by atoms with Crippen LogP contribution in [0.15, 0.2) is 258 Å². The van der Waals surface area contributed by atoms with Crippen LogP contribution in [0.1, 0.15) is 22.3 Å². The molecule has 0 aliphatic heterocycles. The number of fused-ring (bicyclic) bond motifs is 16. The molecule has 3 aromatic heterocycles. The highest BCUT2D eigenvalue weighted by Gasteiger charge is 2.52. The third-order valence-electron chi connectivity index (χ3n) is 15.8. The van der Waals surface area contributed by atoms with E-state index in [1.807, 2.05) is 42.5 Å². The van der Waals surface area contributed by atoms with Gasteiger partial charge in [0, 0.05) is 38.2 Å². The Morgan fingerprint density at radius 2 is 0.720 bits per heavy atom. The summed E-state index contributed by atoms with van der Waals surface area (Å²) in [5.41, 5.74) is 22.7. The molecule has 0 unspecified atom stereocenters. The second-order valence-electron chi connectivity index (χ2n) is 19.7. The summed E-state index contributed by atoms with van der Waals surface area (Å²) in [6.07, 6.45) is 0. The molecule has 0 atom stereocenters. The first-order valence-electron chi connectivity index (χ1n) is 25.5. The molecule has 0 bridgehead atoms. The molecule has 0 radical (unpaired) electrons. The number of nitrogens with zero attached hydrogens (tertiary/aromatic N) is 3. The van der Waals surface area contributed by atoms with Gasteiger partial charge in [-0.2, -0.15) is 0 Å². The Labute approximate surface area is 431 Å². The first-order chi connectivity index (χ1) is 37.2. The summed E-state index contributed by atoms with van der Waals surface area (Å²) in [6.45, 7) is 0. The van der Waals surface area contributed by atoms with Crippen LogP contribution in [-0.2, 0) is 5.41 Å². The molecule has 5 heteroatoms. The first-order valence-corrected chi connectivity index (χ1v) is 25.5. The van der Waals surface area contributed by atoms with Crippen molar-refractivity contribution in [2.45, 2.75) is 5.41 Å². The number of para-hydroxylation sites is 1. The van der Waals surface area contributed by atoms with E-state index in [1.54, 1.807) is 0 Å². The largest absolute Gasteiger partial charge is 0.456 e. The minimum Gasteiger partial charge on any atom is -0.456 e. The Balaban J connectivity index is 0.827. The van der Waals surface area contributed by atoms with Crippen molar-refractivity contribution in [1.29, 1.82) is 0 Å². The van der Waals surface area contributed by atoms with Gasteiger partial charge in [-0.05, 0) is 120 Å². The van der Waals surface area contributed by atoms with E-state index in [0.717, 1.165) is 82.8 Å². The van der Waals surface area contributed by atoms with Gasteiger partial charge in [-0.1, -0.05) is 206 Å². The summed E-state index contributed by atoms with van der Waals surface area (Å²) in [5, 5.41) is 4.05. The second-order valence-corrected chi connectivity index (χ2v) is 19.7. The van der Waals surface area contributed by atoms with Gasteiger partial charge in [0.15, 0.2) is 17.5 Å². The zero-order valence-corrected chi connectivity index (χ0v) is 40.3. The number of aromatic nitrogens is 3. The lowest BCUT2D eigenvalue weighted by Gasteiger charge is -2.32. The molecule has 3 heterocycles. The summed E-state index contributed by atoms with van der Waals surface area (Å²) in [4.78, 5) is 15.8. The number of furan rings is 2. The van der Waals surface area contributed by atoms with Gasteiger partial charge < -0.3 is 8.83 Å². The summed E-state index contributed by atoms with van der Waals surface area (Å²) in [6, 6.07) is 88.8. The van der Waals surface area contributed by atoms with Crippen LogP contribution in [-0.4, -0.2) is 15.0 Å². The van der Waals surface area contributed by atoms with E-state index in [9.17, 15) is 0 Å². The zero-order chi connectivity index (χ0) is 49.2. The average Bonchev–Trinajstić information content (AvgIpc) is 4.23. The Kier molecular flexibility index (Phi) is 8.89. The topological polar surface area (TPSA) is 65.0 Å². The Morgan fingerprint density at radius 1 is 0.253 bits per heavy atom. The van der Waals surface area contributed by atoms with Crippen molar-refractivity contribution in [3.8, 4) is 89.8 Å². The molecule has 11 aromatic carbocycles. The Hall–Kier alpha value is -9.97. The van der Waals surface area contributed by atoms with Crippen LogP contribution < -0.4 is 0 Å². The maximum atomic E-state index is 6.64. The van der Waals surface area contributed by atoms with Crippen LogP contribution in [0.3, 0.4) is 0 Å². The third-order valence-corrected chi connectivity index (χ3v) is 15.8. The lowest BCUT2D eigenvalue weighted by atomic mass is 9.68. The van der Waals surface area contributed by atoms with Gasteiger partial charge in [0.25, 0.3) is 0 Å². The van der Waals surface area contributed by atoms with E-state index >= 15 is 0 Å². The van der Waals surface area contributed by atoms with Crippen molar-refractivity contribution in [2.75, 3.05) is 0 Å². The van der Waals surface area contributed by atoms with Crippen molar-refractivity contribution in [3.63, 3.8) is 0 Å². The molecule has 75 heavy (non-hydrogen) atoms. The minimum absolute atomic E-state index is 0.437. The molecule has 0 N–H and O–H groups in total. The molecular formula is C70H41N3O2. The zero-order valence-electron chi connectivity index (χ0n) is 40.3. The van der Waals surface area contributed by atoms with Crippen LogP contribution in [0.2, 0.25) is 0 Å². The highest BCUT2D eigenvalue weighted by atomic mass is 16.3. The third kappa shape index (κ3) is 6.16. The molecule has 0 fully saturated rings. The molecule has 2 aliphatic carbocycles. The van der Waals surface area contributed by atoms with Crippen molar-refractivity contribution < 1.29 is 8.83 Å². The quantitative estimate of drug-likeness (QED) is 0.166. The SMILES string of the molecule is c1ccc(-c2cccc(-c3nc(-c4ccc5c(c4)oc4ccccc45)nc(-c4cccc5oc6ccc(-c7ccc(-c8cccc9c8C8(c%10ccccc%10-c%10ccccc%108)c8ccccc8-9)cc7)cc6c45)n3)c2)cc1. The van der Waals surface area contributed by atoms with Crippen LogP contribution >= 0.6 is 0 Å². The van der Waals surface area contributed by atoms with Gasteiger partial charge in [-0.25, -0.2) is 15.0 Å². The summed E-state index contributed by atoms with van der Waals surface area (Å²) >= 11 is 0. The maximum absolute atomic E-state index is 6.64. The van der Waals surface area contributed by atoms with E-state index in [2.05, 4.69) is 206 Å². The summed E-state index contributed by atoms with van der Waals surface area (Å²) < 4.78 is 13.0. The smallest absolute Gasteiger partial charge is 0.164 e. The molecule has 348 valence electrons. The highest BCUT2D eigenvalue weighted by molar-refractivity contribution is 6.13. The van der Waals surface area contributed by atoms with Gasteiger partial charge in [-0.15, -0.1) is 0 Å². The Bertz CT molecular complexity index is 4600. The van der Waals surface area contributed by atoms with Gasteiger partial charge in [0.05, 0.1) is 5.41 Å². The fourth-order valence-corrected chi connectivity index (χ4v) is 12.5. The lowest BCUT2D eigenvalue weighted by Crippen LogP contribution is -2.26. The van der Waals surface area contributed by atoms with E-state index < -0.39 is 5.41 Å². The summed E-state index contributed by atoms with van der Waals surface area (Å²) in [7, 11) is 0. The molecular weight excluding hydrogens is 915 g/mol. The number of hydrogen-bond donors (Lipinski definition) is 0. The molecule has 0 saturated carbocycles. The average molecular weight is 956 g/mol. The maximum Gasteiger partial charge on any atom is 0.164 e. The van der Waals surface area contributed by atoms with Crippen molar-refractivity contribution in [3.05, 3.63) is 271 Å². The molecule has 1 spiro atoms. The monoisotopic (exact) mass is 955 g/mol. The van der Waals surface area contributed by atoms with E-state index in [1.165, 1.54) is 55.6 Å². The predicted octanol–water partition coefficient (Wildman–Crippen LogP) is 18.0. The minimum atomic E-state index is -0.437. The summed E-state index contributed by atoms with van der Waals surface area (Å²) in [5.74, 6) is 1.67. The van der Waals surface area contributed by atoms with Crippen LogP contribution in [0.25, 0.3) is 134 Å². The predicted molar refractivity (Wildman–Crippen MR) is 303 cm³/mol. The van der Waals surface area contributed by atoms with E-state index in [-0.39, 0.29) is 0 Å². The normalized spacial score (nSPS) is 12.9. The second kappa shape index (κ2) is 16.0. The molecule has 0 saturated heterocycles. The first kappa shape index (κ1) is 41.6.